The van der Waals surface area contributed by atoms with Crippen LogP contribution in [0.3, 0.4) is 0 Å². The van der Waals surface area contributed by atoms with Crippen LogP contribution in [-0.2, 0) is 11.8 Å². The Morgan fingerprint density at radius 3 is 2.71 bits per heavy atom. The maximum atomic E-state index is 13.9. The van der Waals surface area contributed by atoms with E-state index in [9.17, 15) is 13.6 Å². The number of hydrogen-bond acceptors (Lipinski definition) is 4. The molecule has 3 aromatic rings. The van der Waals surface area contributed by atoms with Crippen molar-refractivity contribution >= 4 is 23.9 Å². The Balaban J connectivity index is 1.85. The lowest BCUT2D eigenvalue weighted by atomic mass is 10.1. The first-order chi connectivity index (χ1) is 14.9. The molecule has 1 N–H and O–H groups in total. The number of halogens is 2. The second-order valence-electron chi connectivity index (χ2n) is 6.81. The lowest BCUT2D eigenvalue weighted by molar-refractivity contribution is 0.102. The summed E-state index contributed by atoms with van der Waals surface area (Å²) in [6.45, 7) is 0.951. The molecule has 8 heteroatoms. The molecule has 0 unspecified atom stereocenters. The highest BCUT2D eigenvalue weighted by Gasteiger charge is 2.11. The van der Waals surface area contributed by atoms with Crippen LogP contribution in [0.15, 0.2) is 48.7 Å². The molecule has 2 aromatic carbocycles. The monoisotopic (exact) mass is 427 g/mol. The second kappa shape index (κ2) is 10.5. The van der Waals surface area contributed by atoms with Crippen molar-refractivity contribution in [2.24, 2.45) is 7.05 Å². The number of amides is 1. The van der Waals surface area contributed by atoms with Crippen molar-refractivity contribution < 1.29 is 23.0 Å². The Morgan fingerprint density at radius 2 is 1.97 bits per heavy atom. The van der Waals surface area contributed by atoms with E-state index in [2.05, 4.69) is 10.4 Å². The summed E-state index contributed by atoms with van der Waals surface area (Å²) in [6, 6.07) is 9.87. The minimum absolute atomic E-state index is 0.103. The van der Waals surface area contributed by atoms with Crippen LogP contribution in [0.2, 0.25) is 0 Å². The highest BCUT2D eigenvalue weighted by atomic mass is 19.1. The summed E-state index contributed by atoms with van der Waals surface area (Å²) in [5, 5.41) is 6.85. The summed E-state index contributed by atoms with van der Waals surface area (Å²) in [5.41, 5.74) is 1.04. The fourth-order valence-corrected chi connectivity index (χ4v) is 2.82. The van der Waals surface area contributed by atoms with Crippen LogP contribution in [0.4, 0.5) is 14.6 Å². The summed E-state index contributed by atoms with van der Waals surface area (Å²) in [7, 11) is 3.36. The van der Waals surface area contributed by atoms with E-state index in [1.54, 1.807) is 55.4 Å². The number of rotatable bonds is 9. The van der Waals surface area contributed by atoms with Crippen molar-refractivity contribution in [2.45, 2.75) is 6.42 Å². The van der Waals surface area contributed by atoms with E-state index in [-0.39, 0.29) is 11.5 Å². The van der Waals surface area contributed by atoms with Crippen molar-refractivity contribution in [2.75, 3.05) is 25.6 Å². The van der Waals surface area contributed by atoms with E-state index in [1.165, 1.54) is 6.08 Å². The Bertz CT molecular complexity index is 1080. The summed E-state index contributed by atoms with van der Waals surface area (Å²) in [6.07, 6.45) is 5.44. The number of aromatic nitrogens is 2. The van der Waals surface area contributed by atoms with E-state index in [0.717, 1.165) is 18.2 Å². The van der Waals surface area contributed by atoms with Crippen LogP contribution in [-0.4, -0.2) is 36.0 Å². The number of nitrogens with zero attached hydrogens (tertiary/aromatic N) is 2. The lowest BCUT2D eigenvalue weighted by Gasteiger charge is -2.10. The van der Waals surface area contributed by atoms with E-state index >= 15 is 0 Å². The van der Waals surface area contributed by atoms with Gasteiger partial charge in [0.2, 0.25) is 0 Å². The molecule has 0 bridgehead atoms. The van der Waals surface area contributed by atoms with Crippen molar-refractivity contribution in [1.29, 1.82) is 0 Å². The van der Waals surface area contributed by atoms with Crippen molar-refractivity contribution in [3.05, 3.63) is 77.0 Å². The summed E-state index contributed by atoms with van der Waals surface area (Å²) in [4.78, 5) is 12.7. The second-order valence-corrected chi connectivity index (χ2v) is 6.81. The zero-order chi connectivity index (χ0) is 22.2. The van der Waals surface area contributed by atoms with Gasteiger partial charge in [0.25, 0.3) is 5.91 Å². The highest BCUT2D eigenvalue weighted by molar-refractivity contribution is 6.04. The Kier molecular flexibility index (Phi) is 7.50. The summed E-state index contributed by atoms with van der Waals surface area (Å²) in [5.74, 6) is -0.556. The average Bonchev–Trinajstić information content (AvgIpc) is 3.16. The van der Waals surface area contributed by atoms with E-state index in [4.69, 9.17) is 9.47 Å². The molecule has 1 heterocycles. The molecule has 0 fully saturated rings. The van der Waals surface area contributed by atoms with Gasteiger partial charge in [0.1, 0.15) is 17.4 Å². The minimum atomic E-state index is -0.544. The maximum Gasteiger partial charge on any atom is 0.257 e. The highest BCUT2D eigenvalue weighted by Crippen LogP contribution is 2.22. The number of nitrogens with one attached hydrogen (secondary N) is 1. The molecular formula is C23H23F2N3O3. The summed E-state index contributed by atoms with van der Waals surface area (Å²) >= 11 is 0. The molecule has 1 aromatic heterocycles. The van der Waals surface area contributed by atoms with Gasteiger partial charge in [-0.3, -0.25) is 9.48 Å². The molecule has 0 aliphatic carbocycles. The largest absolute Gasteiger partial charge is 0.493 e. The quantitative estimate of drug-likeness (QED) is 0.402. The number of aryl methyl sites for hydroxylation is 1. The van der Waals surface area contributed by atoms with Gasteiger partial charge in [0, 0.05) is 50.6 Å². The predicted octanol–water partition coefficient (Wildman–Crippen LogP) is 4.54. The first-order valence-corrected chi connectivity index (χ1v) is 9.65. The van der Waals surface area contributed by atoms with Crippen LogP contribution in [0.5, 0.6) is 5.75 Å². The van der Waals surface area contributed by atoms with Gasteiger partial charge >= 0.3 is 0 Å². The maximum absolute atomic E-state index is 13.9. The van der Waals surface area contributed by atoms with Crippen molar-refractivity contribution in [1.82, 2.24) is 9.78 Å². The Morgan fingerprint density at radius 1 is 1.13 bits per heavy atom. The predicted molar refractivity (Wildman–Crippen MR) is 115 cm³/mol. The van der Waals surface area contributed by atoms with Gasteiger partial charge in [-0.2, -0.15) is 5.10 Å². The topological polar surface area (TPSA) is 65.4 Å². The van der Waals surface area contributed by atoms with Gasteiger partial charge in [0.15, 0.2) is 5.82 Å². The van der Waals surface area contributed by atoms with E-state index in [0.29, 0.717) is 42.3 Å². The molecular weight excluding hydrogens is 404 g/mol. The molecule has 0 saturated heterocycles. The fraction of sp³-hybridized carbons (Fsp3) is 0.217. The Labute approximate surface area is 179 Å². The van der Waals surface area contributed by atoms with Gasteiger partial charge in [0.05, 0.1) is 6.61 Å². The zero-order valence-electron chi connectivity index (χ0n) is 17.3. The number of carbonyl (C=O) groups excluding carboxylic acids is 1. The molecule has 31 heavy (non-hydrogen) atoms. The lowest BCUT2D eigenvalue weighted by Crippen LogP contribution is -2.13. The molecule has 0 spiro atoms. The molecule has 1 amide bonds. The standard InChI is InChI=1S/C23H23F2N3O3/c1-28-9-8-22(27-28)26-23(29)18-12-16(13-20(15-18)31-11-3-10-30-2)4-5-17-14-19(24)6-7-21(17)25/h4-9,12-15H,3,10-11H2,1-2H3,(H,26,27,29)/b5-4+. The van der Waals surface area contributed by atoms with Gasteiger partial charge in [-0.15, -0.1) is 0 Å². The zero-order valence-corrected chi connectivity index (χ0v) is 17.3. The minimum Gasteiger partial charge on any atom is -0.493 e. The molecule has 0 radical (unpaired) electrons. The van der Waals surface area contributed by atoms with Gasteiger partial charge < -0.3 is 14.8 Å². The molecule has 0 saturated carbocycles. The van der Waals surface area contributed by atoms with Crippen LogP contribution >= 0.6 is 0 Å². The number of benzene rings is 2. The first-order valence-electron chi connectivity index (χ1n) is 9.65. The molecule has 6 nitrogen and oxygen atoms in total. The Hall–Kier alpha value is -3.52. The molecule has 0 aliphatic heterocycles. The number of anilines is 1. The molecule has 0 atom stereocenters. The van der Waals surface area contributed by atoms with Gasteiger partial charge in [-0.05, 0) is 42.0 Å². The van der Waals surface area contributed by atoms with Crippen LogP contribution in [0.1, 0.15) is 27.9 Å². The van der Waals surface area contributed by atoms with Crippen molar-refractivity contribution in [3.63, 3.8) is 0 Å². The van der Waals surface area contributed by atoms with E-state index < -0.39 is 11.6 Å². The van der Waals surface area contributed by atoms with E-state index in [1.807, 2.05) is 0 Å². The van der Waals surface area contributed by atoms with Gasteiger partial charge in [-0.1, -0.05) is 12.2 Å². The average molecular weight is 427 g/mol. The first kappa shape index (κ1) is 22.2. The number of carbonyl (C=O) groups is 1. The third-order valence-corrected chi connectivity index (χ3v) is 4.32. The molecule has 0 aliphatic rings. The van der Waals surface area contributed by atoms with Crippen molar-refractivity contribution in [3.8, 4) is 5.75 Å². The molecule has 162 valence electrons. The number of ether oxygens (including phenoxy) is 2. The third kappa shape index (κ3) is 6.48. The smallest absolute Gasteiger partial charge is 0.257 e. The van der Waals surface area contributed by atoms with Crippen LogP contribution in [0.25, 0.3) is 12.2 Å². The normalized spacial score (nSPS) is 11.1. The number of hydrogen-bond donors (Lipinski definition) is 1. The van der Waals surface area contributed by atoms with Crippen LogP contribution < -0.4 is 10.1 Å². The fourth-order valence-electron chi connectivity index (χ4n) is 2.82. The molecule has 3 rings (SSSR count). The number of methoxy groups -OCH3 is 1. The summed E-state index contributed by atoms with van der Waals surface area (Å²) < 4.78 is 39.7. The van der Waals surface area contributed by atoms with Crippen LogP contribution in [0, 0.1) is 11.6 Å². The SMILES string of the molecule is COCCCOc1cc(/C=C/c2cc(F)ccc2F)cc(C(=O)Nc2ccn(C)n2)c1. The third-order valence-electron chi connectivity index (χ3n) is 4.32. The van der Waals surface area contributed by atoms with Gasteiger partial charge in [-0.25, -0.2) is 8.78 Å².